The van der Waals surface area contributed by atoms with E-state index < -0.39 is 24.6 Å². The quantitative estimate of drug-likeness (QED) is 0.390. The first-order valence-electron chi connectivity index (χ1n) is 4.14. The molecule has 1 fully saturated rings. The molecule has 4 atom stereocenters. The SMILES string of the molecule is NCCOC1C(O)OC(CO)C1O. The van der Waals surface area contributed by atoms with E-state index in [1.54, 1.807) is 0 Å². The molecular weight excluding hydrogens is 178 g/mol. The summed E-state index contributed by atoms with van der Waals surface area (Å²) >= 11 is 0. The molecule has 0 aliphatic carbocycles. The third-order valence-electron chi connectivity index (χ3n) is 1.92. The number of ether oxygens (including phenoxy) is 2. The van der Waals surface area contributed by atoms with Crippen LogP contribution in [0.1, 0.15) is 0 Å². The molecule has 1 aliphatic heterocycles. The lowest BCUT2D eigenvalue weighted by Crippen LogP contribution is -2.37. The lowest BCUT2D eigenvalue weighted by molar-refractivity contribution is -0.146. The summed E-state index contributed by atoms with van der Waals surface area (Å²) in [5.41, 5.74) is 5.19. The maximum Gasteiger partial charge on any atom is 0.184 e. The van der Waals surface area contributed by atoms with Crippen molar-refractivity contribution in [3.8, 4) is 0 Å². The van der Waals surface area contributed by atoms with Crippen molar-refractivity contribution >= 4 is 0 Å². The van der Waals surface area contributed by atoms with Gasteiger partial charge in [-0.2, -0.15) is 0 Å². The minimum Gasteiger partial charge on any atom is -0.394 e. The molecule has 6 nitrogen and oxygen atoms in total. The zero-order chi connectivity index (χ0) is 9.84. The Hall–Kier alpha value is -0.240. The molecule has 13 heavy (non-hydrogen) atoms. The fraction of sp³-hybridized carbons (Fsp3) is 1.00. The van der Waals surface area contributed by atoms with E-state index in [0.717, 1.165) is 0 Å². The van der Waals surface area contributed by atoms with Gasteiger partial charge >= 0.3 is 0 Å². The number of hydrogen-bond acceptors (Lipinski definition) is 6. The average Bonchev–Trinajstić information content (AvgIpc) is 2.39. The molecule has 0 radical (unpaired) electrons. The molecule has 1 saturated heterocycles. The van der Waals surface area contributed by atoms with Crippen molar-refractivity contribution in [1.29, 1.82) is 0 Å². The Labute approximate surface area is 75.9 Å². The summed E-state index contributed by atoms with van der Waals surface area (Å²) in [6.07, 6.45) is -3.80. The van der Waals surface area contributed by atoms with Crippen LogP contribution in [-0.4, -0.2) is 59.7 Å². The highest BCUT2D eigenvalue weighted by Gasteiger charge is 2.43. The Bertz CT molecular complexity index is 156. The maximum atomic E-state index is 9.43. The minimum atomic E-state index is -1.20. The summed E-state index contributed by atoms with van der Waals surface area (Å²) in [6, 6.07) is 0. The van der Waals surface area contributed by atoms with Crippen LogP contribution in [0.4, 0.5) is 0 Å². The maximum absolute atomic E-state index is 9.43. The predicted octanol–water partition coefficient (Wildman–Crippen LogP) is -2.60. The topological polar surface area (TPSA) is 105 Å². The fourth-order valence-electron chi connectivity index (χ4n) is 1.25. The third-order valence-corrected chi connectivity index (χ3v) is 1.92. The highest BCUT2D eigenvalue weighted by molar-refractivity contribution is 4.86. The van der Waals surface area contributed by atoms with Crippen LogP contribution in [0.5, 0.6) is 0 Å². The van der Waals surface area contributed by atoms with Crippen LogP contribution >= 0.6 is 0 Å². The zero-order valence-corrected chi connectivity index (χ0v) is 7.17. The molecule has 5 N–H and O–H groups in total. The molecule has 1 aliphatic rings. The number of hydrogen-bond donors (Lipinski definition) is 4. The van der Waals surface area contributed by atoms with E-state index in [4.69, 9.17) is 20.3 Å². The molecule has 0 aromatic carbocycles. The molecular formula is C7H15NO5. The molecule has 0 bridgehead atoms. The third kappa shape index (κ3) is 2.37. The molecule has 6 heteroatoms. The van der Waals surface area contributed by atoms with Crippen LogP contribution in [0.2, 0.25) is 0 Å². The van der Waals surface area contributed by atoms with Crippen molar-refractivity contribution < 1.29 is 24.8 Å². The second kappa shape index (κ2) is 4.85. The number of nitrogens with two attached hydrogens (primary N) is 1. The smallest absolute Gasteiger partial charge is 0.184 e. The summed E-state index contributed by atoms with van der Waals surface area (Å²) in [7, 11) is 0. The van der Waals surface area contributed by atoms with E-state index in [-0.39, 0.29) is 13.2 Å². The van der Waals surface area contributed by atoms with Gasteiger partial charge in [0.15, 0.2) is 6.29 Å². The molecule has 0 aromatic rings. The van der Waals surface area contributed by atoms with Crippen LogP contribution in [-0.2, 0) is 9.47 Å². The molecule has 0 amide bonds. The Morgan fingerprint density at radius 1 is 1.38 bits per heavy atom. The van der Waals surface area contributed by atoms with E-state index >= 15 is 0 Å². The van der Waals surface area contributed by atoms with E-state index in [2.05, 4.69) is 0 Å². The van der Waals surface area contributed by atoms with E-state index in [0.29, 0.717) is 6.54 Å². The van der Waals surface area contributed by atoms with Gasteiger partial charge < -0.3 is 30.5 Å². The zero-order valence-electron chi connectivity index (χ0n) is 7.17. The summed E-state index contributed by atoms with van der Waals surface area (Å²) in [6.45, 7) is 0.195. The molecule has 78 valence electrons. The average molecular weight is 193 g/mol. The summed E-state index contributed by atoms with van der Waals surface area (Å²) in [4.78, 5) is 0. The van der Waals surface area contributed by atoms with Crippen LogP contribution in [0, 0.1) is 0 Å². The number of rotatable bonds is 4. The van der Waals surface area contributed by atoms with Crippen LogP contribution < -0.4 is 5.73 Å². The highest BCUT2D eigenvalue weighted by atomic mass is 16.7. The van der Waals surface area contributed by atoms with E-state index in [1.165, 1.54) is 0 Å². The molecule has 0 spiro atoms. The van der Waals surface area contributed by atoms with Crippen LogP contribution in [0.3, 0.4) is 0 Å². The molecule has 1 heterocycles. The Kier molecular flexibility index (Phi) is 4.04. The van der Waals surface area contributed by atoms with E-state index in [1.807, 2.05) is 0 Å². The van der Waals surface area contributed by atoms with Gasteiger partial charge in [0.2, 0.25) is 0 Å². The second-order valence-electron chi connectivity index (χ2n) is 2.86. The van der Waals surface area contributed by atoms with Crippen molar-refractivity contribution in [2.24, 2.45) is 5.73 Å². The van der Waals surface area contributed by atoms with Gasteiger partial charge in [-0.25, -0.2) is 0 Å². The fourth-order valence-corrected chi connectivity index (χ4v) is 1.25. The summed E-state index contributed by atoms with van der Waals surface area (Å²) in [5, 5.41) is 27.4. The number of aliphatic hydroxyl groups is 3. The predicted molar refractivity (Wildman–Crippen MR) is 42.8 cm³/mol. The van der Waals surface area contributed by atoms with Gasteiger partial charge in [0.25, 0.3) is 0 Å². The first kappa shape index (κ1) is 10.8. The lowest BCUT2D eigenvalue weighted by Gasteiger charge is -2.16. The van der Waals surface area contributed by atoms with Gasteiger partial charge in [-0.3, -0.25) is 0 Å². The van der Waals surface area contributed by atoms with Gasteiger partial charge in [-0.05, 0) is 0 Å². The van der Waals surface area contributed by atoms with Crippen molar-refractivity contribution in [2.75, 3.05) is 19.8 Å². The van der Waals surface area contributed by atoms with Gasteiger partial charge in [-0.1, -0.05) is 0 Å². The van der Waals surface area contributed by atoms with Gasteiger partial charge in [0.1, 0.15) is 18.3 Å². The monoisotopic (exact) mass is 193 g/mol. The van der Waals surface area contributed by atoms with Crippen molar-refractivity contribution in [2.45, 2.75) is 24.6 Å². The standard InChI is InChI=1S/C7H15NO5/c8-1-2-12-6-5(10)4(3-9)13-7(6)11/h4-7,9-11H,1-3,8H2. The normalized spacial score (nSPS) is 39.7. The van der Waals surface area contributed by atoms with Crippen molar-refractivity contribution in [3.05, 3.63) is 0 Å². The molecule has 0 aromatic heterocycles. The van der Waals surface area contributed by atoms with Crippen molar-refractivity contribution in [3.63, 3.8) is 0 Å². The van der Waals surface area contributed by atoms with E-state index in [9.17, 15) is 10.2 Å². The minimum absolute atomic E-state index is 0.236. The lowest BCUT2D eigenvalue weighted by atomic mass is 10.1. The molecule has 4 unspecified atom stereocenters. The van der Waals surface area contributed by atoms with Gasteiger partial charge in [-0.15, -0.1) is 0 Å². The largest absolute Gasteiger partial charge is 0.394 e. The highest BCUT2D eigenvalue weighted by Crippen LogP contribution is 2.21. The molecule has 1 rings (SSSR count). The number of aliphatic hydroxyl groups excluding tert-OH is 3. The van der Waals surface area contributed by atoms with Crippen LogP contribution in [0.15, 0.2) is 0 Å². The Balaban J connectivity index is 2.44. The van der Waals surface area contributed by atoms with Gasteiger partial charge in [0.05, 0.1) is 13.2 Å². The van der Waals surface area contributed by atoms with Crippen molar-refractivity contribution in [1.82, 2.24) is 0 Å². The summed E-state index contributed by atoms with van der Waals surface area (Å²) < 4.78 is 9.87. The summed E-state index contributed by atoms with van der Waals surface area (Å²) in [5.74, 6) is 0. The Morgan fingerprint density at radius 2 is 2.08 bits per heavy atom. The Morgan fingerprint density at radius 3 is 2.54 bits per heavy atom. The second-order valence-corrected chi connectivity index (χ2v) is 2.86. The van der Waals surface area contributed by atoms with Crippen LogP contribution in [0.25, 0.3) is 0 Å². The first-order chi connectivity index (χ1) is 6.20. The first-order valence-corrected chi connectivity index (χ1v) is 4.14. The molecule has 0 saturated carbocycles. The van der Waals surface area contributed by atoms with Gasteiger partial charge in [0, 0.05) is 6.54 Å².